The molecule has 114 valence electrons. The molecule has 4 heteroatoms. The lowest BCUT2D eigenvalue weighted by Gasteiger charge is -2.50. The first-order chi connectivity index (χ1) is 9.51. The van der Waals surface area contributed by atoms with Crippen LogP contribution in [0.3, 0.4) is 0 Å². The van der Waals surface area contributed by atoms with Crippen molar-refractivity contribution in [3.63, 3.8) is 0 Å². The van der Waals surface area contributed by atoms with Gasteiger partial charge < -0.3 is 10.2 Å². The van der Waals surface area contributed by atoms with Gasteiger partial charge in [0.15, 0.2) is 0 Å². The number of hydrogen-bond donors (Lipinski definition) is 1. The van der Waals surface area contributed by atoms with Gasteiger partial charge in [-0.25, -0.2) is 0 Å². The third-order valence-corrected chi connectivity index (χ3v) is 4.88. The summed E-state index contributed by atoms with van der Waals surface area (Å²) in [4.78, 5) is 27.1. The highest BCUT2D eigenvalue weighted by Crippen LogP contribution is 2.37. The van der Waals surface area contributed by atoms with Gasteiger partial charge in [-0.1, -0.05) is 39.5 Å². The zero-order valence-corrected chi connectivity index (χ0v) is 13.1. The number of hydrogen-bond acceptors (Lipinski definition) is 2. The van der Waals surface area contributed by atoms with E-state index >= 15 is 0 Å². The quantitative estimate of drug-likeness (QED) is 0.860. The second kappa shape index (κ2) is 6.15. The molecule has 1 aliphatic carbocycles. The van der Waals surface area contributed by atoms with Gasteiger partial charge in [-0.2, -0.15) is 0 Å². The van der Waals surface area contributed by atoms with Gasteiger partial charge in [0, 0.05) is 6.54 Å². The first-order valence-electron chi connectivity index (χ1n) is 8.13. The van der Waals surface area contributed by atoms with Gasteiger partial charge in [-0.05, 0) is 32.1 Å². The molecule has 1 N–H and O–H groups in total. The molecule has 1 saturated heterocycles. The fourth-order valence-corrected chi connectivity index (χ4v) is 3.75. The number of rotatable bonds is 4. The summed E-state index contributed by atoms with van der Waals surface area (Å²) in [6, 6.07) is -0.371. The average Bonchev–Trinajstić information content (AvgIpc) is 2.43. The number of carbonyl (C=O) groups is 2. The molecular weight excluding hydrogens is 252 g/mol. The van der Waals surface area contributed by atoms with Crippen LogP contribution in [0.4, 0.5) is 0 Å². The second-order valence-electron chi connectivity index (χ2n) is 6.63. The van der Waals surface area contributed by atoms with Gasteiger partial charge in [0.1, 0.15) is 11.6 Å². The molecule has 1 spiro atoms. The molecule has 2 rings (SSSR count). The van der Waals surface area contributed by atoms with Gasteiger partial charge in [-0.3, -0.25) is 9.59 Å². The van der Waals surface area contributed by atoms with Crippen LogP contribution < -0.4 is 5.32 Å². The smallest absolute Gasteiger partial charge is 0.246 e. The molecule has 2 aliphatic rings. The molecule has 0 radical (unpaired) electrons. The van der Waals surface area contributed by atoms with E-state index in [1.165, 1.54) is 6.42 Å². The maximum atomic E-state index is 12.6. The molecule has 2 unspecified atom stereocenters. The highest BCUT2D eigenvalue weighted by atomic mass is 16.2. The van der Waals surface area contributed by atoms with Crippen molar-refractivity contribution in [3.8, 4) is 0 Å². The minimum absolute atomic E-state index is 0.0769. The van der Waals surface area contributed by atoms with Crippen LogP contribution in [0.2, 0.25) is 0 Å². The summed E-state index contributed by atoms with van der Waals surface area (Å²) in [6.45, 7) is 6.88. The first kappa shape index (κ1) is 15.3. The van der Waals surface area contributed by atoms with Crippen LogP contribution in [0.5, 0.6) is 0 Å². The lowest BCUT2D eigenvalue weighted by molar-refractivity contribution is -0.160. The van der Waals surface area contributed by atoms with Gasteiger partial charge in [0.25, 0.3) is 0 Å². The molecule has 1 aliphatic heterocycles. The van der Waals surface area contributed by atoms with Crippen LogP contribution in [0, 0.1) is 5.92 Å². The summed E-state index contributed by atoms with van der Waals surface area (Å²) in [6.07, 6.45) is 7.17. The van der Waals surface area contributed by atoms with E-state index < -0.39 is 5.54 Å². The summed E-state index contributed by atoms with van der Waals surface area (Å²) in [5, 5.41) is 2.89. The predicted molar refractivity (Wildman–Crippen MR) is 79.2 cm³/mol. The molecule has 2 fully saturated rings. The number of piperazine rings is 1. The molecular formula is C16H28N2O2. The topological polar surface area (TPSA) is 49.4 Å². The molecule has 20 heavy (non-hydrogen) atoms. The van der Waals surface area contributed by atoms with Crippen molar-refractivity contribution in [1.29, 1.82) is 0 Å². The molecule has 1 heterocycles. The fraction of sp³-hybridized carbons (Fsp3) is 0.875. The zero-order chi connectivity index (χ0) is 14.8. The molecule has 0 aromatic rings. The molecule has 0 aromatic carbocycles. The van der Waals surface area contributed by atoms with Crippen molar-refractivity contribution < 1.29 is 9.59 Å². The Balaban J connectivity index is 2.24. The van der Waals surface area contributed by atoms with E-state index in [1.54, 1.807) is 6.92 Å². The number of amides is 2. The summed E-state index contributed by atoms with van der Waals surface area (Å²) in [5.41, 5.74) is -0.552. The summed E-state index contributed by atoms with van der Waals surface area (Å²) >= 11 is 0. The molecule has 2 atom stereocenters. The second-order valence-corrected chi connectivity index (χ2v) is 6.63. The molecule has 1 saturated carbocycles. The van der Waals surface area contributed by atoms with E-state index in [0.717, 1.165) is 45.1 Å². The maximum absolute atomic E-state index is 12.6. The van der Waals surface area contributed by atoms with E-state index in [1.807, 2.05) is 4.90 Å². The van der Waals surface area contributed by atoms with E-state index in [4.69, 9.17) is 0 Å². The van der Waals surface area contributed by atoms with Gasteiger partial charge in [-0.15, -0.1) is 0 Å². The van der Waals surface area contributed by atoms with Crippen LogP contribution in [-0.2, 0) is 9.59 Å². The van der Waals surface area contributed by atoms with Crippen LogP contribution in [-0.4, -0.2) is 34.8 Å². The Morgan fingerprint density at radius 3 is 2.55 bits per heavy atom. The summed E-state index contributed by atoms with van der Waals surface area (Å²) in [7, 11) is 0. The largest absolute Gasteiger partial charge is 0.343 e. The van der Waals surface area contributed by atoms with Crippen molar-refractivity contribution in [2.24, 2.45) is 5.92 Å². The monoisotopic (exact) mass is 280 g/mol. The van der Waals surface area contributed by atoms with Gasteiger partial charge >= 0.3 is 0 Å². The Hall–Kier alpha value is -1.06. The van der Waals surface area contributed by atoms with E-state index in [2.05, 4.69) is 19.2 Å². The predicted octanol–water partition coefficient (Wildman–Crippen LogP) is 2.47. The Kier molecular flexibility index (Phi) is 4.71. The van der Waals surface area contributed by atoms with Crippen LogP contribution in [0.1, 0.15) is 65.7 Å². The highest BCUT2D eigenvalue weighted by Gasteiger charge is 2.51. The van der Waals surface area contributed by atoms with Crippen molar-refractivity contribution in [2.45, 2.75) is 77.3 Å². The number of nitrogens with one attached hydrogen (secondary N) is 1. The Bertz CT molecular complexity index is 375. The number of carbonyl (C=O) groups excluding carboxylic acids is 2. The lowest BCUT2D eigenvalue weighted by Crippen LogP contribution is -2.71. The third-order valence-electron chi connectivity index (χ3n) is 4.88. The van der Waals surface area contributed by atoms with Gasteiger partial charge in [0.2, 0.25) is 11.8 Å². The molecule has 0 bridgehead atoms. The fourth-order valence-electron chi connectivity index (χ4n) is 3.75. The normalized spacial score (nSPS) is 27.6. The highest BCUT2D eigenvalue weighted by molar-refractivity contribution is 5.99. The molecule has 4 nitrogen and oxygen atoms in total. The van der Waals surface area contributed by atoms with Crippen LogP contribution in [0.25, 0.3) is 0 Å². The molecule has 2 amide bonds. The van der Waals surface area contributed by atoms with Crippen LogP contribution in [0.15, 0.2) is 0 Å². The Morgan fingerprint density at radius 2 is 1.95 bits per heavy atom. The van der Waals surface area contributed by atoms with E-state index in [9.17, 15) is 9.59 Å². The molecule has 0 aromatic heterocycles. The van der Waals surface area contributed by atoms with Crippen LogP contribution >= 0.6 is 0 Å². The number of nitrogens with zero attached hydrogens (tertiary/aromatic N) is 1. The summed E-state index contributed by atoms with van der Waals surface area (Å²) in [5.74, 6) is 0.642. The standard InChI is InChI=1S/C16H28N2O2/c1-4-8-12(2)11-18-14(19)13(3)17-15(20)16(18)9-6-5-7-10-16/h12-13H,4-11H2,1-3H3,(H,17,20). The van der Waals surface area contributed by atoms with E-state index in [0.29, 0.717) is 5.92 Å². The first-order valence-corrected chi connectivity index (χ1v) is 8.13. The third kappa shape index (κ3) is 2.70. The lowest BCUT2D eigenvalue weighted by atomic mass is 9.77. The van der Waals surface area contributed by atoms with Crippen molar-refractivity contribution >= 4 is 11.8 Å². The SMILES string of the molecule is CCCC(C)CN1C(=O)C(C)NC(=O)C12CCCCC2. The Morgan fingerprint density at radius 1 is 1.30 bits per heavy atom. The minimum Gasteiger partial charge on any atom is -0.343 e. The van der Waals surface area contributed by atoms with Crippen molar-refractivity contribution in [2.75, 3.05) is 6.54 Å². The van der Waals surface area contributed by atoms with Crippen molar-refractivity contribution in [3.05, 3.63) is 0 Å². The average molecular weight is 280 g/mol. The summed E-state index contributed by atoms with van der Waals surface area (Å²) < 4.78 is 0. The van der Waals surface area contributed by atoms with Crippen molar-refractivity contribution in [1.82, 2.24) is 10.2 Å². The maximum Gasteiger partial charge on any atom is 0.246 e. The Labute approximate surface area is 122 Å². The zero-order valence-electron chi connectivity index (χ0n) is 13.1. The van der Waals surface area contributed by atoms with Gasteiger partial charge in [0.05, 0.1) is 0 Å². The minimum atomic E-state index is -0.552. The van der Waals surface area contributed by atoms with E-state index in [-0.39, 0.29) is 17.9 Å².